The largest absolute Gasteiger partial charge is 0.380 e. The highest BCUT2D eigenvalue weighted by Crippen LogP contribution is 2.31. The van der Waals surface area contributed by atoms with Crippen molar-refractivity contribution in [2.45, 2.75) is 25.8 Å². The van der Waals surface area contributed by atoms with Crippen molar-refractivity contribution >= 4 is 11.6 Å². The van der Waals surface area contributed by atoms with Gasteiger partial charge in [-0.1, -0.05) is 0 Å². The van der Waals surface area contributed by atoms with Gasteiger partial charge in [0.1, 0.15) is 5.82 Å². The Labute approximate surface area is 118 Å². The van der Waals surface area contributed by atoms with Gasteiger partial charge in [0.25, 0.3) is 0 Å². The van der Waals surface area contributed by atoms with Crippen molar-refractivity contribution in [3.63, 3.8) is 0 Å². The maximum Gasteiger partial charge on any atom is 0.248 e. The molecule has 4 nitrogen and oxygen atoms in total. The summed E-state index contributed by atoms with van der Waals surface area (Å²) in [4.78, 5) is 13.7. The standard InChI is InChI=1S/C15H20FN3O/c1-9-12(16)6-11(15(17)20)7-13(9)18-14-8-19-4-2-10(14)3-5-19/h6-7,10,14,18H,2-5,8H2,1H3,(H2,17,20). The summed E-state index contributed by atoms with van der Waals surface area (Å²) in [6.07, 6.45) is 2.38. The molecule has 3 fully saturated rings. The second kappa shape index (κ2) is 5.05. The van der Waals surface area contributed by atoms with Crippen molar-refractivity contribution < 1.29 is 9.18 Å². The predicted octanol–water partition coefficient (Wildman–Crippen LogP) is 1.74. The minimum Gasteiger partial charge on any atom is -0.380 e. The fourth-order valence-electron chi connectivity index (χ4n) is 3.30. The number of halogens is 1. The van der Waals surface area contributed by atoms with Crippen LogP contribution in [0, 0.1) is 18.7 Å². The second-order valence-corrected chi connectivity index (χ2v) is 5.88. The molecule has 3 aliphatic heterocycles. The lowest BCUT2D eigenvalue weighted by atomic mass is 9.84. The lowest BCUT2D eigenvalue weighted by molar-refractivity contribution is 0.0974. The van der Waals surface area contributed by atoms with Crippen LogP contribution in [0.25, 0.3) is 0 Å². The number of carbonyl (C=O) groups excluding carboxylic acids is 1. The molecule has 1 aromatic rings. The van der Waals surface area contributed by atoms with Crippen molar-refractivity contribution in [3.05, 3.63) is 29.1 Å². The van der Waals surface area contributed by atoms with Gasteiger partial charge >= 0.3 is 0 Å². The summed E-state index contributed by atoms with van der Waals surface area (Å²) in [5.74, 6) is -0.342. The molecule has 3 aliphatic rings. The molecule has 0 spiro atoms. The number of hydrogen-bond donors (Lipinski definition) is 2. The molecular weight excluding hydrogens is 257 g/mol. The zero-order valence-corrected chi connectivity index (χ0v) is 11.7. The number of hydrogen-bond acceptors (Lipinski definition) is 3. The van der Waals surface area contributed by atoms with Crippen LogP contribution in [0.15, 0.2) is 12.1 Å². The summed E-state index contributed by atoms with van der Waals surface area (Å²) in [5, 5.41) is 3.43. The van der Waals surface area contributed by atoms with E-state index in [-0.39, 0.29) is 11.4 Å². The van der Waals surface area contributed by atoms with Crippen molar-refractivity contribution in [1.29, 1.82) is 0 Å². The summed E-state index contributed by atoms with van der Waals surface area (Å²) in [7, 11) is 0. The van der Waals surface area contributed by atoms with Gasteiger partial charge in [0.15, 0.2) is 0 Å². The second-order valence-electron chi connectivity index (χ2n) is 5.88. The van der Waals surface area contributed by atoms with Crippen molar-refractivity contribution in [3.8, 4) is 0 Å². The topological polar surface area (TPSA) is 58.4 Å². The lowest BCUT2D eigenvalue weighted by Gasteiger charge is -2.45. The van der Waals surface area contributed by atoms with Crippen LogP contribution in [-0.2, 0) is 0 Å². The maximum atomic E-state index is 13.9. The number of benzene rings is 1. The molecule has 1 aromatic carbocycles. The minimum absolute atomic E-state index is 0.219. The number of piperidine rings is 3. The van der Waals surface area contributed by atoms with E-state index in [1.54, 1.807) is 13.0 Å². The number of anilines is 1. The number of nitrogens with zero attached hydrogens (tertiary/aromatic N) is 1. The van der Waals surface area contributed by atoms with Crippen LogP contribution < -0.4 is 11.1 Å². The summed E-state index contributed by atoms with van der Waals surface area (Å²) in [6, 6.07) is 3.20. The SMILES string of the molecule is Cc1c(F)cc(C(N)=O)cc1NC1CN2CCC1CC2. The Bertz CT molecular complexity index is 538. The van der Waals surface area contributed by atoms with Crippen LogP contribution >= 0.6 is 0 Å². The van der Waals surface area contributed by atoms with E-state index in [0.29, 0.717) is 23.2 Å². The molecule has 3 N–H and O–H groups in total. The molecule has 2 bridgehead atoms. The van der Waals surface area contributed by atoms with Crippen LogP contribution in [0.1, 0.15) is 28.8 Å². The van der Waals surface area contributed by atoms with E-state index in [4.69, 9.17) is 5.73 Å². The van der Waals surface area contributed by atoms with Gasteiger partial charge in [-0.3, -0.25) is 4.79 Å². The third-order valence-corrected chi connectivity index (χ3v) is 4.63. The molecule has 0 saturated carbocycles. The zero-order chi connectivity index (χ0) is 14.3. The van der Waals surface area contributed by atoms with Gasteiger partial charge in [-0.25, -0.2) is 4.39 Å². The summed E-state index contributed by atoms with van der Waals surface area (Å²) in [5.41, 5.74) is 6.71. The first-order valence-electron chi connectivity index (χ1n) is 7.13. The average Bonchev–Trinajstić information content (AvgIpc) is 2.44. The van der Waals surface area contributed by atoms with Gasteiger partial charge in [-0.2, -0.15) is 0 Å². The van der Waals surface area contributed by atoms with Crippen molar-refractivity contribution in [2.24, 2.45) is 11.7 Å². The average molecular weight is 277 g/mol. The fourth-order valence-corrected chi connectivity index (χ4v) is 3.30. The first kappa shape index (κ1) is 13.4. The number of primary amides is 1. The minimum atomic E-state index is -0.596. The Kier molecular flexibility index (Phi) is 3.38. The monoisotopic (exact) mass is 277 g/mol. The Morgan fingerprint density at radius 2 is 2.10 bits per heavy atom. The van der Waals surface area contributed by atoms with Crippen molar-refractivity contribution in [1.82, 2.24) is 4.90 Å². The van der Waals surface area contributed by atoms with Crippen LogP contribution in [-0.4, -0.2) is 36.5 Å². The third-order valence-electron chi connectivity index (χ3n) is 4.63. The number of fused-ring (bicyclic) bond motifs is 3. The molecule has 0 aliphatic carbocycles. The summed E-state index contributed by atoms with van der Waals surface area (Å²) >= 11 is 0. The lowest BCUT2D eigenvalue weighted by Crippen LogP contribution is -2.53. The highest BCUT2D eigenvalue weighted by atomic mass is 19.1. The van der Waals surface area contributed by atoms with E-state index in [1.807, 2.05) is 0 Å². The smallest absolute Gasteiger partial charge is 0.248 e. The quantitative estimate of drug-likeness (QED) is 0.884. The summed E-state index contributed by atoms with van der Waals surface area (Å²) < 4.78 is 13.9. The maximum absolute atomic E-state index is 13.9. The Morgan fingerprint density at radius 3 is 2.65 bits per heavy atom. The Hall–Kier alpha value is -1.62. The van der Waals surface area contributed by atoms with Gasteiger partial charge < -0.3 is 16.0 Å². The highest BCUT2D eigenvalue weighted by molar-refractivity contribution is 5.94. The van der Waals surface area contributed by atoms with Crippen molar-refractivity contribution in [2.75, 3.05) is 25.0 Å². The number of rotatable bonds is 3. The van der Waals surface area contributed by atoms with E-state index in [2.05, 4.69) is 10.2 Å². The van der Waals surface area contributed by atoms with Gasteiger partial charge in [-0.05, 0) is 50.9 Å². The first-order chi connectivity index (χ1) is 9.54. The number of carbonyl (C=O) groups is 1. The number of nitrogens with one attached hydrogen (secondary N) is 1. The van der Waals surface area contributed by atoms with E-state index in [0.717, 1.165) is 19.6 Å². The highest BCUT2D eigenvalue weighted by Gasteiger charge is 2.34. The molecule has 1 atom stereocenters. The normalized spacial score (nSPS) is 28.4. The van der Waals surface area contributed by atoms with Gasteiger partial charge in [0, 0.05) is 29.4 Å². The molecule has 5 heteroatoms. The van der Waals surface area contributed by atoms with Crippen LogP contribution in [0.2, 0.25) is 0 Å². The number of nitrogens with two attached hydrogens (primary N) is 1. The molecule has 1 amide bonds. The van der Waals surface area contributed by atoms with Crippen LogP contribution in [0.3, 0.4) is 0 Å². The number of amides is 1. The van der Waals surface area contributed by atoms with Crippen LogP contribution in [0.5, 0.6) is 0 Å². The molecule has 3 saturated heterocycles. The zero-order valence-electron chi connectivity index (χ0n) is 11.7. The molecule has 3 heterocycles. The molecule has 0 radical (unpaired) electrons. The van der Waals surface area contributed by atoms with E-state index >= 15 is 0 Å². The summed E-state index contributed by atoms with van der Waals surface area (Å²) in [6.45, 7) is 5.05. The van der Waals surface area contributed by atoms with Crippen LogP contribution in [0.4, 0.5) is 10.1 Å². The predicted molar refractivity (Wildman–Crippen MR) is 76.2 cm³/mol. The first-order valence-corrected chi connectivity index (χ1v) is 7.13. The van der Waals surface area contributed by atoms with Gasteiger partial charge in [0.2, 0.25) is 5.91 Å². The third kappa shape index (κ3) is 2.38. The van der Waals surface area contributed by atoms with E-state index in [9.17, 15) is 9.18 Å². The molecule has 0 aromatic heterocycles. The molecular formula is C15H20FN3O. The van der Waals surface area contributed by atoms with Gasteiger partial charge in [0.05, 0.1) is 0 Å². The molecule has 4 rings (SSSR count). The van der Waals surface area contributed by atoms with E-state index < -0.39 is 5.91 Å². The van der Waals surface area contributed by atoms with E-state index in [1.165, 1.54) is 18.9 Å². The molecule has 20 heavy (non-hydrogen) atoms. The molecule has 108 valence electrons. The fraction of sp³-hybridized carbons (Fsp3) is 0.533. The Balaban J connectivity index is 1.85. The Morgan fingerprint density at radius 1 is 1.40 bits per heavy atom. The van der Waals surface area contributed by atoms with Gasteiger partial charge in [-0.15, -0.1) is 0 Å². The molecule has 1 unspecified atom stereocenters.